The van der Waals surface area contributed by atoms with Crippen LogP contribution in [-0.2, 0) is 4.74 Å². The fraction of sp³-hybridized carbons (Fsp3) is 0.667. The first-order chi connectivity index (χ1) is 9.52. The summed E-state index contributed by atoms with van der Waals surface area (Å²) in [6, 6.07) is 3.50. The molecule has 1 fully saturated rings. The molecule has 0 aromatic carbocycles. The molecule has 0 radical (unpaired) electrons. The monoisotopic (exact) mass is 281 g/mol. The lowest BCUT2D eigenvalue weighted by Gasteiger charge is -2.27. The lowest BCUT2D eigenvalue weighted by atomic mass is 10.0. The summed E-state index contributed by atoms with van der Waals surface area (Å²) in [5, 5.41) is 9.89. The molecule has 1 saturated carbocycles. The van der Waals surface area contributed by atoms with Crippen molar-refractivity contribution in [1.82, 2.24) is 4.90 Å². The van der Waals surface area contributed by atoms with Crippen molar-refractivity contribution in [2.75, 3.05) is 20.7 Å². The topological polar surface area (TPSA) is 62.9 Å². The van der Waals surface area contributed by atoms with Crippen molar-refractivity contribution < 1.29 is 19.1 Å². The van der Waals surface area contributed by atoms with Gasteiger partial charge in [-0.05, 0) is 44.9 Å². The number of hydrogen-bond acceptors (Lipinski definition) is 5. The number of carbonyl (C=O) groups is 1. The summed E-state index contributed by atoms with van der Waals surface area (Å²) in [5.41, 5.74) is 0. The first-order valence-corrected chi connectivity index (χ1v) is 7.09. The number of hydrogen-bond donors (Lipinski definition) is 1. The minimum atomic E-state index is -0.461. The highest BCUT2D eigenvalue weighted by Gasteiger charge is 2.28. The summed E-state index contributed by atoms with van der Waals surface area (Å²) >= 11 is 0. The molecule has 0 unspecified atom stereocenters. The van der Waals surface area contributed by atoms with E-state index in [1.165, 1.54) is 7.11 Å². The van der Waals surface area contributed by atoms with E-state index >= 15 is 0 Å². The first kappa shape index (κ1) is 15.1. The van der Waals surface area contributed by atoms with Gasteiger partial charge in [0.25, 0.3) is 0 Å². The Labute approximate surface area is 119 Å². The van der Waals surface area contributed by atoms with Crippen molar-refractivity contribution in [2.45, 2.75) is 38.3 Å². The Hall–Kier alpha value is -1.33. The summed E-state index contributed by atoms with van der Waals surface area (Å²) in [4.78, 5) is 13.5. The predicted octanol–water partition coefficient (Wildman–Crippen LogP) is 2.22. The van der Waals surface area contributed by atoms with Crippen LogP contribution >= 0.6 is 0 Å². The van der Waals surface area contributed by atoms with Gasteiger partial charge in [0.15, 0.2) is 0 Å². The lowest BCUT2D eigenvalue weighted by Crippen LogP contribution is -2.31. The molecule has 0 aliphatic heterocycles. The maximum absolute atomic E-state index is 11.4. The molecule has 0 saturated heterocycles. The van der Waals surface area contributed by atoms with Crippen LogP contribution in [0.5, 0.6) is 0 Å². The third kappa shape index (κ3) is 3.22. The minimum absolute atomic E-state index is 0.0567. The van der Waals surface area contributed by atoms with Crippen molar-refractivity contribution in [3.63, 3.8) is 0 Å². The highest BCUT2D eigenvalue weighted by Crippen LogP contribution is 2.29. The van der Waals surface area contributed by atoms with Gasteiger partial charge in [-0.25, -0.2) is 4.79 Å². The van der Waals surface area contributed by atoms with Crippen LogP contribution in [-0.4, -0.2) is 42.8 Å². The number of furan rings is 1. The van der Waals surface area contributed by atoms with E-state index in [9.17, 15) is 9.90 Å². The van der Waals surface area contributed by atoms with E-state index in [1.54, 1.807) is 12.1 Å². The number of nitrogens with zero attached hydrogens (tertiary/aromatic N) is 1. The number of methoxy groups -OCH3 is 1. The summed E-state index contributed by atoms with van der Waals surface area (Å²) < 4.78 is 10.2. The molecule has 0 spiro atoms. The van der Waals surface area contributed by atoms with Crippen molar-refractivity contribution in [3.05, 3.63) is 23.7 Å². The molecule has 1 aromatic rings. The third-order valence-electron chi connectivity index (χ3n) is 4.23. The summed E-state index contributed by atoms with van der Waals surface area (Å²) in [5.74, 6) is 0.832. The van der Waals surface area contributed by atoms with E-state index in [0.717, 1.165) is 31.6 Å². The molecule has 0 amide bonds. The third-order valence-corrected chi connectivity index (χ3v) is 4.23. The van der Waals surface area contributed by atoms with Crippen molar-refractivity contribution in [2.24, 2.45) is 5.92 Å². The van der Waals surface area contributed by atoms with Crippen LogP contribution in [0.3, 0.4) is 0 Å². The van der Waals surface area contributed by atoms with E-state index in [1.807, 2.05) is 14.0 Å². The molecular weight excluding hydrogens is 258 g/mol. The number of aliphatic hydroxyl groups excluding tert-OH is 1. The summed E-state index contributed by atoms with van der Waals surface area (Å²) in [6.07, 6.45) is 2.89. The molecule has 1 aliphatic rings. The average Bonchev–Trinajstić information content (AvgIpc) is 3.07. The van der Waals surface area contributed by atoms with Gasteiger partial charge >= 0.3 is 5.97 Å². The van der Waals surface area contributed by atoms with Gasteiger partial charge in [-0.1, -0.05) is 6.42 Å². The molecule has 1 aliphatic carbocycles. The molecule has 1 N–H and O–H groups in total. The molecule has 112 valence electrons. The van der Waals surface area contributed by atoms with Gasteiger partial charge in [-0.3, -0.25) is 4.90 Å². The van der Waals surface area contributed by atoms with Gasteiger partial charge < -0.3 is 14.3 Å². The van der Waals surface area contributed by atoms with E-state index in [-0.39, 0.29) is 17.9 Å². The molecule has 1 heterocycles. The van der Waals surface area contributed by atoms with Crippen LogP contribution in [0, 0.1) is 5.92 Å². The average molecular weight is 281 g/mol. The Bertz CT molecular complexity index is 456. The number of aliphatic hydroxyl groups is 1. The summed E-state index contributed by atoms with van der Waals surface area (Å²) in [6.45, 7) is 2.86. The largest absolute Gasteiger partial charge is 0.463 e. The Morgan fingerprint density at radius 3 is 2.90 bits per heavy atom. The standard InChI is InChI=1S/C15H23NO4/c1-10(13-7-8-14(20-13)15(18)19-3)16(2)9-11-5-4-6-12(11)17/h7-8,10-12,17H,4-6,9H2,1-3H3/t10-,11+,12-/m0/s1. The quantitative estimate of drug-likeness (QED) is 0.838. The second-order valence-corrected chi connectivity index (χ2v) is 5.57. The zero-order valence-corrected chi connectivity index (χ0v) is 12.3. The normalized spacial score (nSPS) is 24.1. The molecule has 2 rings (SSSR count). The second-order valence-electron chi connectivity index (χ2n) is 5.57. The molecule has 20 heavy (non-hydrogen) atoms. The molecule has 1 aromatic heterocycles. The van der Waals surface area contributed by atoms with Crippen LogP contribution in [0.1, 0.15) is 48.5 Å². The minimum Gasteiger partial charge on any atom is -0.463 e. The van der Waals surface area contributed by atoms with Crippen molar-refractivity contribution in [3.8, 4) is 0 Å². The number of ether oxygens (including phenoxy) is 1. The van der Waals surface area contributed by atoms with Gasteiger partial charge in [0.2, 0.25) is 5.76 Å². The Kier molecular flexibility index (Phi) is 4.83. The van der Waals surface area contributed by atoms with Crippen LogP contribution in [0.15, 0.2) is 16.5 Å². The van der Waals surface area contributed by atoms with E-state index in [4.69, 9.17) is 4.42 Å². The maximum atomic E-state index is 11.4. The van der Waals surface area contributed by atoms with Gasteiger partial charge in [-0.2, -0.15) is 0 Å². The molecule has 3 atom stereocenters. The zero-order chi connectivity index (χ0) is 14.7. The fourth-order valence-electron chi connectivity index (χ4n) is 2.76. The van der Waals surface area contributed by atoms with Crippen molar-refractivity contribution in [1.29, 1.82) is 0 Å². The van der Waals surface area contributed by atoms with E-state index in [2.05, 4.69) is 9.64 Å². The molecule has 5 nitrogen and oxygen atoms in total. The fourth-order valence-corrected chi connectivity index (χ4v) is 2.76. The molecule has 5 heteroatoms. The zero-order valence-electron chi connectivity index (χ0n) is 12.3. The van der Waals surface area contributed by atoms with Gasteiger partial charge in [0.05, 0.1) is 19.3 Å². The molecule has 0 bridgehead atoms. The van der Waals surface area contributed by atoms with Gasteiger partial charge in [0.1, 0.15) is 5.76 Å². The van der Waals surface area contributed by atoms with Crippen LogP contribution < -0.4 is 0 Å². The smallest absolute Gasteiger partial charge is 0.373 e. The van der Waals surface area contributed by atoms with Crippen LogP contribution in [0.4, 0.5) is 0 Å². The SMILES string of the molecule is COC(=O)c1ccc([C@H](C)N(C)C[C@H]2CCC[C@@H]2O)o1. The van der Waals surface area contributed by atoms with Gasteiger partial charge in [-0.15, -0.1) is 0 Å². The number of carbonyl (C=O) groups excluding carboxylic acids is 1. The summed E-state index contributed by atoms with van der Waals surface area (Å²) in [7, 11) is 3.34. The Morgan fingerprint density at radius 2 is 2.30 bits per heavy atom. The molecular formula is C15H23NO4. The lowest BCUT2D eigenvalue weighted by molar-refractivity contribution is 0.0557. The highest BCUT2D eigenvalue weighted by atomic mass is 16.5. The Morgan fingerprint density at radius 1 is 1.55 bits per heavy atom. The van der Waals surface area contributed by atoms with E-state index < -0.39 is 5.97 Å². The van der Waals surface area contributed by atoms with Crippen molar-refractivity contribution >= 4 is 5.97 Å². The highest BCUT2D eigenvalue weighted by molar-refractivity contribution is 5.86. The second kappa shape index (κ2) is 6.41. The van der Waals surface area contributed by atoms with Crippen LogP contribution in [0.25, 0.3) is 0 Å². The first-order valence-electron chi connectivity index (χ1n) is 7.09. The predicted molar refractivity (Wildman–Crippen MR) is 74.4 cm³/mol. The van der Waals surface area contributed by atoms with Crippen LogP contribution in [0.2, 0.25) is 0 Å². The maximum Gasteiger partial charge on any atom is 0.373 e. The Balaban J connectivity index is 1.97. The number of esters is 1. The van der Waals surface area contributed by atoms with E-state index in [0.29, 0.717) is 5.92 Å². The van der Waals surface area contributed by atoms with Gasteiger partial charge in [0, 0.05) is 6.54 Å². The number of rotatable bonds is 5.